The molecule has 0 aliphatic heterocycles. The van der Waals surface area contributed by atoms with E-state index in [4.69, 9.17) is 4.74 Å². The van der Waals surface area contributed by atoms with E-state index in [0.717, 1.165) is 37.2 Å². The molecule has 0 amide bonds. The molecule has 1 N–H and O–H groups in total. The Bertz CT molecular complexity index is 360. The van der Waals surface area contributed by atoms with Crippen LogP contribution < -0.4 is 10.1 Å². The van der Waals surface area contributed by atoms with Crippen LogP contribution in [0.15, 0.2) is 24.3 Å². The summed E-state index contributed by atoms with van der Waals surface area (Å²) < 4.78 is 5.59. The summed E-state index contributed by atoms with van der Waals surface area (Å²) in [4.78, 5) is 0. The van der Waals surface area contributed by atoms with Gasteiger partial charge in [-0.25, -0.2) is 0 Å². The number of rotatable bonds is 7. The first-order chi connectivity index (χ1) is 9.28. The van der Waals surface area contributed by atoms with E-state index >= 15 is 0 Å². The summed E-state index contributed by atoms with van der Waals surface area (Å²) in [6, 6.07) is 8.47. The van der Waals surface area contributed by atoms with E-state index in [1.807, 2.05) is 0 Å². The van der Waals surface area contributed by atoms with Crippen molar-refractivity contribution in [1.82, 2.24) is 5.32 Å². The molecule has 0 bridgehead atoms. The molecule has 0 heterocycles. The van der Waals surface area contributed by atoms with E-state index in [1.165, 1.54) is 31.4 Å². The van der Waals surface area contributed by atoms with Crippen molar-refractivity contribution in [3.8, 4) is 5.75 Å². The van der Waals surface area contributed by atoms with Crippen LogP contribution in [0.5, 0.6) is 5.75 Å². The molecule has 2 unspecified atom stereocenters. The largest absolute Gasteiger partial charge is 0.494 e. The van der Waals surface area contributed by atoms with Crippen molar-refractivity contribution in [3.05, 3.63) is 29.8 Å². The second-order valence-electron chi connectivity index (χ2n) is 5.91. The fourth-order valence-electron chi connectivity index (χ4n) is 2.85. The summed E-state index contributed by atoms with van der Waals surface area (Å²) >= 11 is 0. The highest BCUT2D eigenvalue weighted by molar-refractivity contribution is 5.27. The number of hydrogen-bond donors (Lipinski definition) is 1. The Morgan fingerprint density at radius 3 is 2.63 bits per heavy atom. The average Bonchev–Trinajstić information content (AvgIpc) is 2.84. The Morgan fingerprint density at radius 1 is 1.21 bits per heavy atom. The molecule has 0 aromatic heterocycles. The highest BCUT2D eigenvalue weighted by atomic mass is 16.5. The van der Waals surface area contributed by atoms with Gasteiger partial charge in [0.2, 0.25) is 0 Å². The zero-order chi connectivity index (χ0) is 13.5. The van der Waals surface area contributed by atoms with E-state index in [0.29, 0.717) is 0 Å². The highest BCUT2D eigenvalue weighted by Gasteiger charge is 2.20. The Balaban J connectivity index is 1.68. The number of ether oxygens (including phenoxy) is 1. The molecule has 1 aliphatic rings. The SMILES string of the molecule is CCCOc1ccc(CNCC2CCC(C)C2)cc1. The molecular formula is C17H27NO. The maximum absolute atomic E-state index is 5.59. The van der Waals surface area contributed by atoms with E-state index in [9.17, 15) is 0 Å². The quantitative estimate of drug-likeness (QED) is 0.801. The minimum atomic E-state index is 0.803. The Hall–Kier alpha value is -1.02. The van der Waals surface area contributed by atoms with Gasteiger partial charge in [-0.15, -0.1) is 0 Å². The number of nitrogens with one attached hydrogen (secondary N) is 1. The van der Waals surface area contributed by atoms with Gasteiger partial charge in [-0.05, 0) is 55.3 Å². The zero-order valence-corrected chi connectivity index (χ0v) is 12.3. The Labute approximate surface area is 117 Å². The lowest BCUT2D eigenvalue weighted by Crippen LogP contribution is -2.20. The third-order valence-electron chi connectivity index (χ3n) is 3.96. The first kappa shape index (κ1) is 14.4. The molecule has 1 saturated carbocycles. The molecular weight excluding hydrogens is 234 g/mol. The third-order valence-corrected chi connectivity index (χ3v) is 3.96. The van der Waals surface area contributed by atoms with Crippen molar-refractivity contribution >= 4 is 0 Å². The molecule has 0 radical (unpaired) electrons. The van der Waals surface area contributed by atoms with Crippen molar-refractivity contribution in [1.29, 1.82) is 0 Å². The molecule has 106 valence electrons. The first-order valence-electron chi connectivity index (χ1n) is 7.70. The predicted molar refractivity (Wildman–Crippen MR) is 80.4 cm³/mol. The molecule has 2 nitrogen and oxygen atoms in total. The van der Waals surface area contributed by atoms with Gasteiger partial charge in [0.25, 0.3) is 0 Å². The second-order valence-corrected chi connectivity index (χ2v) is 5.91. The van der Waals surface area contributed by atoms with E-state index in [1.54, 1.807) is 0 Å². The van der Waals surface area contributed by atoms with Crippen molar-refractivity contribution in [3.63, 3.8) is 0 Å². The molecule has 2 atom stereocenters. The van der Waals surface area contributed by atoms with Crippen LogP contribution in [0.2, 0.25) is 0 Å². The van der Waals surface area contributed by atoms with E-state index < -0.39 is 0 Å². The molecule has 1 fully saturated rings. The van der Waals surface area contributed by atoms with Gasteiger partial charge >= 0.3 is 0 Å². The maximum atomic E-state index is 5.59. The standard InChI is InChI=1S/C17H27NO/c1-3-10-19-17-8-6-15(7-9-17)12-18-13-16-5-4-14(2)11-16/h6-9,14,16,18H,3-5,10-13H2,1-2H3. The van der Waals surface area contributed by atoms with Crippen molar-refractivity contribution in [2.45, 2.75) is 46.1 Å². The molecule has 0 saturated heterocycles. The zero-order valence-electron chi connectivity index (χ0n) is 12.3. The highest BCUT2D eigenvalue weighted by Crippen LogP contribution is 2.29. The number of hydrogen-bond acceptors (Lipinski definition) is 2. The average molecular weight is 261 g/mol. The minimum Gasteiger partial charge on any atom is -0.494 e. The Kier molecular flexibility index (Phi) is 5.71. The fourth-order valence-corrected chi connectivity index (χ4v) is 2.85. The van der Waals surface area contributed by atoms with Gasteiger partial charge < -0.3 is 10.1 Å². The van der Waals surface area contributed by atoms with Gasteiger partial charge in [0, 0.05) is 6.54 Å². The van der Waals surface area contributed by atoms with Crippen LogP contribution in [0.3, 0.4) is 0 Å². The van der Waals surface area contributed by atoms with Crippen LogP contribution in [0.25, 0.3) is 0 Å². The first-order valence-corrected chi connectivity index (χ1v) is 7.70. The van der Waals surface area contributed by atoms with Crippen LogP contribution in [0.4, 0.5) is 0 Å². The summed E-state index contributed by atoms with van der Waals surface area (Å²) in [6.45, 7) is 7.44. The van der Waals surface area contributed by atoms with Crippen LogP contribution >= 0.6 is 0 Å². The minimum absolute atomic E-state index is 0.803. The lowest BCUT2D eigenvalue weighted by Gasteiger charge is -2.11. The summed E-state index contributed by atoms with van der Waals surface area (Å²) in [5.41, 5.74) is 1.34. The van der Waals surface area contributed by atoms with Crippen LogP contribution in [-0.2, 0) is 6.54 Å². The lowest BCUT2D eigenvalue weighted by atomic mass is 10.1. The van der Waals surface area contributed by atoms with Gasteiger partial charge in [-0.2, -0.15) is 0 Å². The normalized spacial score (nSPS) is 22.6. The molecule has 1 aromatic carbocycles. The molecule has 0 spiro atoms. The van der Waals surface area contributed by atoms with Gasteiger partial charge in [-0.3, -0.25) is 0 Å². The van der Waals surface area contributed by atoms with Gasteiger partial charge in [0.1, 0.15) is 5.75 Å². The van der Waals surface area contributed by atoms with Gasteiger partial charge in [-0.1, -0.05) is 32.4 Å². The van der Waals surface area contributed by atoms with Crippen molar-refractivity contribution in [2.75, 3.05) is 13.2 Å². The molecule has 2 rings (SSSR count). The van der Waals surface area contributed by atoms with Gasteiger partial charge in [0.05, 0.1) is 6.61 Å². The topological polar surface area (TPSA) is 21.3 Å². The van der Waals surface area contributed by atoms with E-state index in [2.05, 4.69) is 43.4 Å². The molecule has 1 aromatic rings. The molecule has 1 aliphatic carbocycles. The van der Waals surface area contributed by atoms with Gasteiger partial charge in [0.15, 0.2) is 0 Å². The monoisotopic (exact) mass is 261 g/mol. The van der Waals surface area contributed by atoms with Crippen LogP contribution in [-0.4, -0.2) is 13.2 Å². The van der Waals surface area contributed by atoms with Crippen LogP contribution in [0, 0.1) is 11.8 Å². The van der Waals surface area contributed by atoms with Crippen molar-refractivity contribution < 1.29 is 4.74 Å². The maximum Gasteiger partial charge on any atom is 0.119 e. The summed E-state index contributed by atoms with van der Waals surface area (Å²) in [5.74, 6) is 2.80. The fraction of sp³-hybridized carbons (Fsp3) is 0.647. The summed E-state index contributed by atoms with van der Waals surface area (Å²) in [7, 11) is 0. The Morgan fingerprint density at radius 2 is 2.00 bits per heavy atom. The summed E-state index contributed by atoms with van der Waals surface area (Å²) in [6.07, 6.45) is 5.27. The second kappa shape index (κ2) is 7.54. The summed E-state index contributed by atoms with van der Waals surface area (Å²) in [5, 5.41) is 3.59. The number of benzene rings is 1. The molecule has 19 heavy (non-hydrogen) atoms. The smallest absolute Gasteiger partial charge is 0.119 e. The van der Waals surface area contributed by atoms with Crippen molar-refractivity contribution in [2.24, 2.45) is 11.8 Å². The predicted octanol–water partition coefficient (Wildman–Crippen LogP) is 4.00. The molecule has 2 heteroatoms. The van der Waals surface area contributed by atoms with E-state index in [-0.39, 0.29) is 0 Å². The van der Waals surface area contributed by atoms with Crippen LogP contribution in [0.1, 0.15) is 45.1 Å². The third kappa shape index (κ3) is 4.87. The lowest BCUT2D eigenvalue weighted by molar-refractivity contribution is 0.317.